The zero-order chi connectivity index (χ0) is 8.55. The number of hydrogen-bond acceptors (Lipinski definition) is 2. The Morgan fingerprint density at radius 1 is 1.42 bits per heavy atom. The normalized spacial score (nSPS) is 17.4. The average molecular weight is 184 g/mol. The number of aromatic hydroxyl groups is 1. The van der Waals surface area contributed by atoms with Gasteiger partial charge in [-0.25, -0.2) is 0 Å². The van der Waals surface area contributed by atoms with Gasteiger partial charge in [0.2, 0.25) is 0 Å². The van der Waals surface area contributed by atoms with Crippen molar-refractivity contribution in [3.8, 4) is 5.75 Å². The van der Waals surface area contributed by atoms with Crippen molar-refractivity contribution in [1.29, 1.82) is 0 Å². The number of para-hydroxylation sites is 1. The molecule has 0 aliphatic carbocycles. The van der Waals surface area contributed by atoms with Crippen LogP contribution in [0.3, 0.4) is 0 Å². The number of benzene rings is 1. The molecule has 1 saturated heterocycles. The van der Waals surface area contributed by atoms with Crippen molar-refractivity contribution in [1.82, 2.24) is 5.32 Å². The van der Waals surface area contributed by atoms with E-state index >= 15 is 0 Å². The first-order chi connectivity index (χ1) is 5.79. The molecule has 64 valence electrons. The van der Waals surface area contributed by atoms with E-state index in [0.717, 1.165) is 18.7 Å². The minimum Gasteiger partial charge on any atom is -0.506 e. The number of phenols is 1. The van der Waals surface area contributed by atoms with Crippen LogP contribution >= 0.6 is 11.6 Å². The van der Waals surface area contributed by atoms with Crippen LogP contribution in [0.15, 0.2) is 18.2 Å². The molecule has 2 nitrogen and oxygen atoms in total. The van der Waals surface area contributed by atoms with Gasteiger partial charge in [-0.3, -0.25) is 0 Å². The average Bonchev–Trinajstić information content (AvgIpc) is 1.95. The maximum atomic E-state index is 9.57. The molecule has 0 bridgehead atoms. The monoisotopic (exact) mass is 183 g/mol. The van der Waals surface area contributed by atoms with Gasteiger partial charge in [0, 0.05) is 24.6 Å². The topological polar surface area (TPSA) is 32.3 Å². The Labute approximate surface area is 76.2 Å². The highest BCUT2D eigenvalue weighted by molar-refractivity contribution is 6.32. The molecule has 1 aliphatic rings. The Morgan fingerprint density at radius 2 is 2.17 bits per heavy atom. The van der Waals surface area contributed by atoms with Crippen molar-refractivity contribution >= 4 is 11.6 Å². The zero-order valence-electron chi connectivity index (χ0n) is 6.55. The number of hydrogen-bond donors (Lipinski definition) is 2. The van der Waals surface area contributed by atoms with Crippen LogP contribution in [-0.4, -0.2) is 18.2 Å². The molecule has 0 radical (unpaired) electrons. The lowest BCUT2D eigenvalue weighted by Crippen LogP contribution is -2.39. The number of rotatable bonds is 1. The van der Waals surface area contributed by atoms with Crippen molar-refractivity contribution in [2.24, 2.45) is 0 Å². The molecule has 2 N–H and O–H groups in total. The highest BCUT2D eigenvalue weighted by Crippen LogP contribution is 2.33. The van der Waals surface area contributed by atoms with Crippen LogP contribution in [0.1, 0.15) is 11.5 Å². The largest absolute Gasteiger partial charge is 0.506 e. The summed E-state index contributed by atoms with van der Waals surface area (Å²) in [6, 6.07) is 5.49. The van der Waals surface area contributed by atoms with Gasteiger partial charge in [0.25, 0.3) is 0 Å². The second kappa shape index (κ2) is 2.96. The van der Waals surface area contributed by atoms with Gasteiger partial charge in [-0.05, 0) is 6.07 Å². The Morgan fingerprint density at radius 3 is 2.75 bits per heavy atom. The van der Waals surface area contributed by atoms with Crippen LogP contribution in [-0.2, 0) is 0 Å². The first kappa shape index (κ1) is 7.90. The van der Waals surface area contributed by atoms with Crippen LogP contribution in [0.4, 0.5) is 0 Å². The third-order valence-corrected chi connectivity index (χ3v) is 2.54. The fourth-order valence-electron chi connectivity index (χ4n) is 1.37. The van der Waals surface area contributed by atoms with E-state index in [9.17, 15) is 5.11 Å². The predicted octanol–water partition coefficient (Wildman–Crippen LogP) is 1.73. The van der Waals surface area contributed by atoms with Crippen molar-refractivity contribution < 1.29 is 5.11 Å². The third-order valence-electron chi connectivity index (χ3n) is 2.24. The summed E-state index contributed by atoms with van der Waals surface area (Å²) in [6.45, 7) is 1.88. The van der Waals surface area contributed by atoms with Crippen LogP contribution in [0.25, 0.3) is 0 Å². The van der Waals surface area contributed by atoms with Gasteiger partial charge in [-0.15, -0.1) is 0 Å². The smallest absolute Gasteiger partial charge is 0.137 e. The predicted molar refractivity (Wildman–Crippen MR) is 48.7 cm³/mol. The molecule has 0 unspecified atom stereocenters. The van der Waals surface area contributed by atoms with E-state index in [-0.39, 0.29) is 5.75 Å². The van der Waals surface area contributed by atoms with E-state index in [2.05, 4.69) is 5.32 Å². The SMILES string of the molecule is Oc1c(Cl)cccc1C1CNC1. The van der Waals surface area contributed by atoms with Crippen LogP contribution in [0.5, 0.6) is 5.75 Å². The van der Waals surface area contributed by atoms with Crippen molar-refractivity contribution in [3.05, 3.63) is 28.8 Å². The lowest BCUT2D eigenvalue weighted by molar-refractivity contribution is 0.413. The quantitative estimate of drug-likeness (QED) is 0.695. The molecule has 0 spiro atoms. The maximum absolute atomic E-state index is 9.57. The Bertz CT molecular complexity index is 297. The fraction of sp³-hybridized carbons (Fsp3) is 0.333. The van der Waals surface area contributed by atoms with Gasteiger partial charge in [0.05, 0.1) is 5.02 Å². The lowest BCUT2D eigenvalue weighted by atomic mass is 9.93. The Hall–Kier alpha value is -0.730. The molecule has 0 aromatic heterocycles. The van der Waals surface area contributed by atoms with Crippen molar-refractivity contribution in [2.45, 2.75) is 5.92 Å². The fourth-order valence-corrected chi connectivity index (χ4v) is 1.55. The van der Waals surface area contributed by atoms with Gasteiger partial charge in [-0.2, -0.15) is 0 Å². The maximum Gasteiger partial charge on any atom is 0.137 e. The van der Waals surface area contributed by atoms with E-state index in [1.165, 1.54) is 0 Å². The molecule has 3 heteroatoms. The minimum absolute atomic E-state index is 0.241. The summed E-state index contributed by atoms with van der Waals surface area (Å²) in [5.74, 6) is 0.675. The summed E-state index contributed by atoms with van der Waals surface area (Å²) in [5.41, 5.74) is 0.959. The molecule has 0 saturated carbocycles. The molecule has 2 rings (SSSR count). The molecule has 1 aliphatic heterocycles. The van der Waals surface area contributed by atoms with E-state index in [4.69, 9.17) is 11.6 Å². The molecule has 0 amide bonds. The van der Waals surface area contributed by atoms with Gasteiger partial charge in [0.1, 0.15) is 5.75 Å². The zero-order valence-corrected chi connectivity index (χ0v) is 7.30. The number of phenolic OH excluding ortho intramolecular Hbond substituents is 1. The molecule has 1 aromatic rings. The Balaban J connectivity index is 2.36. The second-order valence-corrected chi connectivity index (χ2v) is 3.44. The number of nitrogens with one attached hydrogen (secondary N) is 1. The second-order valence-electron chi connectivity index (χ2n) is 3.03. The van der Waals surface area contributed by atoms with E-state index in [1.54, 1.807) is 6.07 Å². The van der Waals surface area contributed by atoms with Crippen molar-refractivity contribution in [3.63, 3.8) is 0 Å². The van der Waals surface area contributed by atoms with Crippen LogP contribution in [0.2, 0.25) is 5.02 Å². The van der Waals surface area contributed by atoms with Crippen LogP contribution in [0, 0.1) is 0 Å². The lowest BCUT2D eigenvalue weighted by Gasteiger charge is -2.28. The molecular formula is C9H10ClNO. The van der Waals surface area contributed by atoms with Gasteiger partial charge >= 0.3 is 0 Å². The van der Waals surface area contributed by atoms with E-state index in [0.29, 0.717) is 10.9 Å². The molecule has 1 heterocycles. The molecule has 0 atom stereocenters. The summed E-state index contributed by atoms with van der Waals surface area (Å²) in [4.78, 5) is 0. The van der Waals surface area contributed by atoms with Crippen molar-refractivity contribution in [2.75, 3.05) is 13.1 Å². The summed E-state index contributed by atoms with van der Waals surface area (Å²) in [7, 11) is 0. The molecule has 12 heavy (non-hydrogen) atoms. The van der Waals surface area contributed by atoms with Gasteiger partial charge < -0.3 is 10.4 Å². The summed E-state index contributed by atoms with van der Waals surface area (Å²) < 4.78 is 0. The van der Waals surface area contributed by atoms with Gasteiger partial charge in [-0.1, -0.05) is 23.7 Å². The summed E-state index contributed by atoms with van der Waals surface area (Å²) in [6.07, 6.45) is 0. The minimum atomic E-state index is 0.241. The first-order valence-electron chi connectivity index (χ1n) is 3.97. The standard InChI is InChI=1S/C9H10ClNO/c10-8-3-1-2-7(9(8)12)6-4-11-5-6/h1-3,6,11-12H,4-5H2. The van der Waals surface area contributed by atoms with E-state index in [1.807, 2.05) is 12.1 Å². The Kier molecular flexibility index (Phi) is 1.95. The third kappa shape index (κ3) is 1.17. The van der Waals surface area contributed by atoms with Gasteiger partial charge in [0.15, 0.2) is 0 Å². The first-order valence-corrected chi connectivity index (χ1v) is 4.35. The highest BCUT2D eigenvalue weighted by Gasteiger charge is 2.22. The molecule has 1 aromatic carbocycles. The highest BCUT2D eigenvalue weighted by atomic mass is 35.5. The molecular weight excluding hydrogens is 174 g/mol. The number of halogens is 1. The summed E-state index contributed by atoms with van der Waals surface area (Å²) in [5, 5.41) is 13.2. The van der Waals surface area contributed by atoms with E-state index < -0.39 is 0 Å². The van der Waals surface area contributed by atoms with Crippen LogP contribution < -0.4 is 5.32 Å². The summed E-state index contributed by atoms with van der Waals surface area (Å²) >= 11 is 5.77. The molecule has 1 fully saturated rings.